The molecule has 0 fully saturated rings. The molecule has 1 aliphatic heterocycles. The van der Waals surface area contributed by atoms with Crippen molar-refractivity contribution in [3.05, 3.63) is 28.8 Å². The van der Waals surface area contributed by atoms with Crippen molar-refractivity contribution in [3.8, 4) is 0 Å². The summed E-state index contributed by atoms with van der Waals surface area (Å²) in [5.74, 6) is 5.91. The molecule has 2 atom stereocenters. The molecule has 1 aromatic carbocycles. The van der Waals surface area contributed by atoms with Crippen LogP contribution in [0.2, 0.25) is 0 Å². The number of carbonyl (C=O) groups is 1. The maximum absolute atomic E-state index is 12.6. The van der Waals surface area contributed by atoms with Crippen LogP contribution in [0.1, 0.15) is 76.0 Å². The molecule has 4 nitrogen and oxygen atoms in total. The average molecular weight is 332 g/mol. The Kier molecular flexibility index (Phi) is 5.59. The first kappa shape index (κ1) is 18.8. The molecule has 0 saturated heterocycles. The van der Waals surface area contributed by atoms with Crippen LogP contribution < -0.4 is 16.2 Å². The quantitative estimate of drug-likeness (QED) is 0.488. The van der Waals surface area contributed by atoms with Gasteiger partial charge in [-0.15, -0.1) is 0 Å². The number of amides is 1. The second kappa shape index (κ2) is 7.14. The van der Waals surface area contributed by atoms with Crippen molar-refractivity contribution in [3.63, 3.8) is 0 Å². The highest BCUT2D eigenvalue weighted by molar-refractivity contribution is 5.86. The summed E-state index contributed by atoms with van der Waals surface area (Å²) in [6.45, 7) is 13.2. The Morgan fingerprint density at radius 2 is 2.00 bits per heavy atom. The van der Waals surface area contributed by atoms with Gasteiger partial charge in [0.2, 0.25) is 0 Å². The molecule has 0 bridgehead atoms. The van der Waals surface area contributed by atoms with E-state index < -0.39 is 0 Å². The number of hydrazine groups is 1. The smallest absolute Gasteiger partial charge is 0.256 e. The molecule has 2 rings (SSSR count). The molecule has 1 aromatic rings. The molecule has 1 aliphatic rings. The van der Waals surface area contributed by atoms with Gasteiger partial charge in [-0.2, -0.15) is 0 Å². The van der Waals surface area contributed by atoms with E-state index in [9.17, 15) is 4.79 Å². The largest absolute Gasteiger partial charge is 0.354 e. The minimum absolute atomic E-state index is 0.0843. The number of nitrogens with zero attached hydrogens (tertiary/aromatic N) is 1. The van der Waals surface area contributed by atoms with Crippen molar-refractivity contribution >= 4 is 11.6 Å². The number of hydrogen-bond donors (Lipinski definition) is 2. The van der Waals surface area contributed by atoms with E-state index in [1.54, 1.807) is 0 Å². The monoisotopic (exact) mass is 331 g/mol. The number of fused-ring (bicyclic) bond motifs is 1. The van der Waals surface area contributed by atoms with E-state index in [1.165, 1.54) is 22.4 Å². The number of anilines is 1. The molecule has 0 radical (unpaired) electrons. The lowest BCUT2D eigenvalue weighted by molar-refractivity contribution is -0.123. The van der Waals surface area contributed by atoms with Crippen molar-refractivity contribution in [1.29, 1.82) is 0 Å². The number of nitrogens with two attached hydrogens (primary N) is 1. The second-order valence-electron chi connectivity index (χ2n) is 7.95. The number of benzene rings is 1. The van der Waals surface area contributed by atoms with Crippen LogP contribution in [0, 0.1) is 13.8 Å². The minimum Gasteiger partial charge on any atom is -0.354 e. The highest BCUT2D eigenvalue weighted by Gasteiger charge is 2.42. The van der Waals surface area contributed by atoms with Crippen LogP contribution in [0.5, 0.6) is 0 Å². The Labute approximate surface area is 146 Å². The summed E-state index contributed by atoms with van der Waals surface area (Å²) in [6, 6.07) is 4.33. The lowest BCUT2D eigenvalue weighted by Gasteiger charge is -2.51. The highest BCUT2D eigenvalue weighted by atomic mass is 16.2. The molecule has 0 spiro atoms. The van der Waals surface area contributed by atoms with Gasteiger partial charge in [0.15, 0.2) is 0 Å². The van der Waals surface area contributed by atoms with Crippen molar-refractivity contribution in [2.45, 2.75) is 84.7 Å². The van der Waals surface area contributed by atoms with Crippen molar-refractivity contribution in [1.82, 2.24) is 5.43 Å². The molecule has 0 unspecified atom stereocenters. The summed E-state index contributed by atoms with van der Waals surface area (Å²) in [6.07, 6.45) is 3.94. The van der Waals surface area contributed by atoms with E-state index in [-0.39, 0.29) is 17.5 Å². The first-order valence-corrected chi connectivity index (χ1v) is 9.13. The number of carbonyl (C=O) groups excluding carboxylic acids is 1. The van der Waals surface area contributed by atoms with Crippen LogP contribution in [-0.4, -0.2) is 17.5 Å². The standard InChI is InChI=1S/C20H33N3O/c1-7-8-9-17(19(24)22-21)23-18-11-14(3)13(2)10-16(18)15(4)12-20(23,5)6/h10-11,15,17H,7-9,12,21H2,1-6H3,(H,22,24)/t15-,17+/m1/s1. The fraction of sp³-hybridized carbons (Fsp3) is 0.650. The van der Waals surface area contributed by atoms with Gasteiger partial charge in [-0.05, 0) is 69.2 Å². The normalized spacial score (nSPS) is 20.5. The molecule has 3 N–H and O–H groups in total. The maximum atomic E-state index is 12.6. The second-order valence-corrected chi connectivity index (χ2v) is 7.95. The number of hydrogen-bond acceptors (Lipinski definition) is 3. The molecule has 134 valence electrons. The molecule has 0 aromatic heterocycles. The van der Waals surface area contributed by atoms with Crippen LogP contribution >= 0.6 is 0 Å². The fourth-order valence-electron chi connectivity index (χ4n) is 4.17. The Morgan fingerprint density at radius 1 is 1.38 bits per heavy atom. The Hall–Kier alpha value is -1.55. The zero-order valence-electron chi connectivity index (χ0n) is 16.1. The molecule has 4 heteroatoms. The first-order chi connectivity index (χ1) is 11.2. The molecular weight excluding hydrogens is 298 g/mol. The summed E-state index contributed by atoms with van der Waals surface area (Å²) in [5.41, 5.74) is 7.45. The van der Waals surface area contributed by atoms with E-state index in [0.29, 0.717) is 5.92 Å². The lowest BCUT2D eigenvalue weighted by Crippen LogP contribution is -2.59. The first-order valence-electron chi connectivity index (χ1n) is 9.13. The Balaban J connectivity index is 2.58. The minimum atomic E-state index is -0.224. The van der Waals surface area contributed by atoms with Gasteiger partial charge >= 0.3 is 0 Å². The van der Waals surface area contributed by atoms with E-state index >= 15 is 0 Å². The maximum Gasteiger partial charge on any atom is 0.256 e. The van der Waals surface area contributed by atoms with E-state index in [4.69, 9.17) is 5.84 Å². The average Bonchev–Trinajstić information content (AvgIpc) is 2.51. The van der Waals surface area contributed by atoms with Gasteiger partial charge in [-0.1, -0.05) is 32.8 Å². The molecule has 1 amide bonds. The van der Waals surface area contributed by atoms with Gasteiger partial charge in [-0.3, -0.25) is 10.2 Å². The molecule has 0 aliphatic carbocycles. The summed E-state index contributed by atoms with van der Waals surface area (Å²) in [5, 5.41) is 0. The summed E-state index contributed by atoms with van der Waals surface area (Å²) in [7, 11) is 0. The van der Waals surface area contributed by atoms with Gasteiger partial charge in [0.1, 0.15) is 6.04 Å². The fourth-order valence-corrected chi connectivity index (χ4v) is 4.17. The summed E-state index contributed by atoms with van der Waals surface area (Å²) in [4.78, 5) is 14.9. The Morgan fingerprint density at radius 3 is 2.58 bits per heavy atom. The highest BCUT2D eigenvalue weighted by Crippen LogP contribution is 2.45. The zero-order valence-corrected chi connectivity index (χ0v) is 16.1. The third-order valence-electron chi connectivity index (χ3n) is 5.48. The van der Waals surface area contributed by atoms with E-state index in [1.807, 2.05) is 0 Å². The van der Waals surface area contributed by atoms with Crippen LogP contribution in [0.15, 0.2) is 12.1 Å². The number of nitrogens with one attached hydrogen (secondary N) is 1. The van der Waals surface area contributed by atoms with Crippen LogP contribution in [-0.2, 0) is 4.79 Å². The number of unbranched alkanes of at least 4 members (excludes halogenated alkanes) is 1. The third-order valence-corrected chi connectivity index (χ3v) is 5.48. The van der Waals surface area contributed by atoms with Gasteiger partial charge < -0.3 is 4.90 Å². The molecule has 24 heavy (non-hydrogen) atoms. The van der Waals surface area contributed by atoms with Crippen LogP contribution in [0.3, 0.4) is 0 Å². The summed E-state index contributed by atoms with van der Waals surface area (Å²) < 4.78 is 0. The van der Waals surface area contributed by atoms with Gasteiger partial charge in [0, 0.05) is 11.2 Å². The van der Waals surface area contributed by atoms with E-state index in [2.05, 4.69) is 64.0 Å². The van der Waals surface area contributed by atoms with Crippen LogP contribution in [0.25, 0.3) is 0 Å². The predicted octanol–water partition coefficient (Wildman–Crippen LogP) is 3.94. The van der Waals surface area contributed by atoms with E-state index in [0.717, 1.165) is 25.7 Å². The molecular formula is C20H33N3O. The topological polar surface area (TPSA) is 58.4 Å². The van der Waals surface area contributed by atoms with Crippen molar-refractivity contribution in [2.75, 3.05) is 4.90 Å². The van der Waals surface area contributed by atoms with Gasteiger partial charge in [-0.25, -0.2) is 5.84 Å². The van der Waals surface area contributed by atoms with Crippen molar-refractivity contribution < 1.29 is 4.79 Å². The predicted molar refractivity (Wildman–Crippen MR) is 101 cm³/mol. The molecule has 0 saturated carbocycles. The van der Waals surface area contributed by atoms with Crippen molar-refractivity contribution in [2.24, 2.45) is 5.84 Å². The van der Waals surface area contributed by atoms with Gasteiger partial charge in [0.25, 0.3) is 5.91 Å². The van der Waals surface area contributed by atoms with Gasteiger partial charge in [0.05, 0.1) is 0 Å². The molecule has 1 heterocycles. The lowest BCUT2D eigenvalue weighted by atomic mass is 9.77. The number of rotatable bonds is 5. The SMILES string of the molecule is CCCC[C@@H](C(=O)NN)N1c2cc(C)c(C)cc2[C@H](C)CC1(C)C. The zero-order chi connectivity index (χ0) is 18.1. The van der Waals surface area contributed by atoms with Crippen LogP contribution in [0.4, 0.5) is 5.69 Å². The summed E-state index contributed by atoms with van der Waals surface area (Å²) >= 11 is 0. The third kappa shape index (κ3) is 3.44. The Bertz CT molecular complexity index is 609. The number of aryl methyl sites for hydroxylation is 2.